The van der Waals surface area contributed by atoms with Gasteiger partial charge in [0.2, 0.25) is 5.91 Å². The SMILES string of the molecule is CC(C)(C)C(=O)NC1CCN(C(=O)c2ccccc2I)CC1. The summed E-state index contributed by atoms with van der Waals surface area (Å²) < 4.78 is 0.980. The highest BCUT2D eigenvalue weighted by Gasteiger charge is 2.28. The van der Waals surface area contributed by atoms with Gasteiger partial charge in [-0.15, -0.1) is 0 Å². The molecule has 1 aromatic carbocycles. The minimum absolute atomic E-state index is 0.0786. The highest BCUT2D eigenvalue weighted by molar-refractivity contribution is 14.1. The zero-order valence-electron chi connectivity index (χ0n) is 13.4. The Kier molecular flexibility index (Phi) is 5.47. The largest absolute Gasteiger partial charge is 0.353 e. The summed E-state index contributed by atoms with van der Waals surface area (Å²) in [6.07, 6.45) is 1.63. The summed E-state index contributed by atoms with van der Waals surface area (Å²) in [6, 6.07) is 7.82. The summed E-state index contributed by atoms with van der Waals surface area (Å²) in [5.74, 6) is 0.167. The molecule has 1 saturated heterocycles. The molecule has 120 valence electrons. The molecule has 1 aliphatic rings. The number of nitrogens with one attached hydrogen (secondary N) is 1. The van der Waals surface area contributed by atoms with Crippen molar-refractivity contribution < 1.29 is 9.59 Å². The van der Waals surface area contributed by atoms with Gasteiger partial charge in [0.1, 0.15) is 0 Å². The third-order valence-electron chi connectivity index (χ3n) is 3.90. The van der Waals surface area contributed by atoms with Crippen LogP contribution in [0.1, 0.15) is 44.0 Å². The van der Waals surface area contributed by atoms with Gasteiger partial charge >= 0.3 is 0 Å². The van der Waals surface area contributed by atoms with E-state index in [4.69, 9.17) is 0 Å². The molecule has 4 nitrogen and oxygen atoms in total. The topological polar surface area (TPSA) is 49.4 Å². The van der Waals surface area contributed by atoms with E-state index in [-0.39, 0.29) is 23.3 Å². The van der Waals surface area contributed by atoms with E-state index in [1.54, 1.807) is 0 Å². The molecule has 0 atom stereocenters. The molecule has 22 heavy (non-hydrogen) atoms. The predicted octanol–water partition coefficient (Wildman–Crippen LogP) is 3.06. The quantitative estimate of drug-likeness (QED) is 0.757. The number of hydrogen-bond acceptors (Lipinski definition) is 2. The lowest BCUT2D eigenvalue weighted by atomic mass is 9.94. The molecular weight excluding hydrogens is 391 g/mol. The van der Waals surface area contributed by atoms with Crippen LogP contribution in [0.3, 0.4) is 0 Å². The van der Waals surface area contributed by atoms with Crippen LogP contribution in [-0.4, -0.2) is 35.8 Å². The Bertz CT molecular complexity index is 558. The van der Waals surface area contributed by atoms with Crippen molar-refractivity contribution >= 4 is 34.4 Å². The maximum absolute atomic E-state index is 12.5. The van der Waals surface area contributed by atoms with Crippen molar-refractivity contribution in [1.29, 1.82) is 0 Å². The molecule has 0 unspecified atom stereocenters. The number of piperidine rings is 1. The molecule has 1 N–H and O–H groups in total. The Morgan fingerprint density at radius 2 is 1.77 bits per heavy atom. The van der Waals surface area contributed by atoms with Gasteiger partial charge in [-0.3, -0.25) is 9.59 Å². The Morgan fingerprint density at radius 1 is 1.18 bits per heavy atom. The summed E-state index contributed by atoms with van der Waals surface area (Å²) in [6.45, 7) is 7.13. The molecule has 0 saturated carbocycles. The molecule has 1 aromatic rings. The first-order valence-corrected chi connectivity index (χ1v) is 8.71. The lowest BCUT2D eigenvalue weighted by Crippen LogP contribution is -2.49. The Balaban J connectivity index is 1.91. The van der Waals surface area contributed by atoms with Gasteiger partial charge in [-0.1, -0.05) is 32.9 Å². The minimum atomic E-state index is -0.368. The van der Waals surface area contributed by atoms with Crippen molar-refractivity contribution in [3.8, 4) is 0 Å². The molecular formula is C17H23IN2O2. The molecule has 1 heterocycles. The van der Waals surface area contributed by atoms with Crippen molar-refractivity contribution in [2.24, 2.45) is 5.41 Å². The second-order valence-corrected chi connectivity index (χ2v) is 7.93. The van der Waals surface area contributed by atoms with Gasteiger partial charge < -0.3 is 10.2 Å². The summed E-state index contributed by atoms with van der Waals surface area (Å²) in [4.78, 5) is 26.5. The molecule has 0 aliphatic carbocycles. The molecule has 1 aliphatic heterocycles. The van der Waals surface area contributed by atoms with Crippen LogP contribution in [0.4, 0.5) is 0 Å². The van der Waals surface area contributed by atoms with E-state index >= 15 is 0 Å². The van der Waals surface area contributed by atoms with Crippen LogP contribution in [0.25, 0.3) is 0 Å². The highest BCUT2D eigenvalue weighted by atomic mass is 127. The van der Waals surface area contributed by atoms with Gasteiger partial charge in [-0.25, -0.2) is 0 Å². The number of amides is 2. The second kappa shape index (κ2) is 6.98. The third-order valence-corrected chi connectivity index (χ3v) is 4.84. The maximum atomic E-state index is 12.5. The van der Waals surface area contributed by atoms with Crippen LogP contribution < -0.4 is 5.32 Å². The van der Waals surface area contributed by atoms with Crippen LogP contribution in [0.5, 0.6) is 0 Å². The maximum Gasteiger partial charge on any atom is 0.254 e. The monoisotopic (exact) mass is 414 g/mol. The van der Waals surface area contributed by atoms with E-state index < -0.39 is 0 Å². The van der Waals surface area contributed by atoms with Gasteiger partial charge in [0.05, 0.1) is 5.56 Å². The summed E-state index contributed by atoms with van der Waals surface area (Å²) in [7, 11) is 0. The first kappa shape index (κ1) is 17.2. The van der Waals surface area contributed by atoms with E-state index in [0.717, 1.165) is 22.0 Å². The summed E-state index contributed by atoms with van der Waals surface area (Å²) in [5, 5.41) is 3.09. The van der Waals surface area contributed by atoms with E-state index in [9.17, 15) is 9.59 Å². The van der Waals surface area contributed by atoms with Crippen LogP contribution in [0, 0.1) is 8.99 Å². The Morgan fingerprint density at radius 3 is 2.32 bits per heavy atom. The number of rotatable bonds is 2. The van der Waals surface area contributed by atoms with Crippen LogP contribution >= 0.6 is 22.6 Å². The lowest BCUT2D eigenvalue weighted by Gasteiger charge is -2.34. The molecule has 0 radical (unpaired) electrons. The zero-order valence-corrected chi connectivity index (χ0v) is 15.5. The number of halogens is 1. The first-order valence-electron chi connectivity index (χ1n) is 7.64. The van der Waals surface area contributed by atoms with Crippen LogP contribution in [0.15, 0.2) is 24.3 Å². The summed E-state index contributed by atoms with van der Waals surface area (Å²) in [5.41, 5.74) is 0.396. The van der Waals surface area contributed by atoms with E-state index in [1.807, 2.05) is 49.9 Å². The van der Waals surface area contributed by atoms with Gasteiger partial charge in [0.25, 0.3) is 5.91 Å². The number of carbonyl (C=O) groups is 2. The molecule has 5 heteroatoms. The van der Waals surface area contributed by atoms with Crippen LogP contribution in [0.2, 0.25) is 0 Å². The molecule has 0 bridgehead atoms. The molecule has 2 rings (SSSR count). The number of benzene rings is 1. The van der Waals surface area contributed by atoms with Crippen LogP contribution in [-0.2, 0) is 4.79 Å². The smallest absolute Gasteiger partial charge is 0.254 e. The van der Waals surface area contributed by atoms with E-state index in [0.29, 0.717) is 13.1 Å². The number of carbonyl (C=O) groups excluding carboxylic acids is 2. The minimum Gasteiger partial charge on any atom is -0.353 e. The fourth-order valence-corrected chi connectivity index (χ4v) is 3.05. The molecule has 0 aromatic heterocycles. The third kappa shape index (κ3) is 4.21. The number of hydrogen-bond donors (Lipinski definition) is 1. The van der Waals surface area contributed by atoms with Gasteiger partial charge in [0.15, 0.2) is 0 Å². The zero-order chi connectivity index (χ0) is 16.3. The van der Waals surface area contributed by atoms with Gasteiger partial charge in [-0.05, 0) is 47.6 Å². The van der Waals surface area contributed by atoms with Crippen molar-refractivity contribution in [3.05, 3.63) is 33.4 Å². The standard InChI is InChI=1S/C17H23IN2O2/c1-17(2,3)16(22)19-12-8-10-20(11-9-12)15(21)13-6-4-5-7-14(13)18/h4-7,12H,8-11H2,1-3H3,(H,19,22). The van der Waals surface area contributed by atoms with E-state index in [2.05, 4.69) is 27.9 Å². The second-order valence-electron chi connectivity index (χ2n) is 6.77. The predicted molar refractivity (Wildman–Crippen MR) is 95.7 cm³/mol. The lowest BCUT2D eigenvalue weighted by molar-refractivity contribution is -0.129. The number of likely N-dealkylation sites (tertiary alicyclic amines) is 1. The van der Waals surface area contributed by atoms with Crippen molar-refractivity contribution in [3.63, 3.8) is 0 Å². The first-order chi connectivity index (χ1) is 10.3. The average Bonchev–Trinajstić information content (AvgIpc) is 2.47. The fourth-order valence-electron chi connectivity index (χ4n) is 2.43. The Labute approximate surface area is 145 Å². The number of nitrogens with zero attached hydrogens (tertiary/aromatic N) is 1. The normalized spacial score (nSPS) is 16.5. The van der Waals surface area contributed by atoms with Crippen molar-refractivity contribution in [2.75, 3.05) is 13.1 Å². The van der Waals surface area contributed by atoms with Crippen molar-refractivity contribution in [1.82, 2.24) is 10.2 Å². The average molecular weight is 414 g/mol. The highest BCUT2D eigenvalue weighted by Crippen LogP contribution is 2.19. The van der Waals surface area contributed by atoms with Crippen molar-refractivity contribution in [2.45, 2.75) is 39.7 Å². The Hall–Kier alpha value is -1.11. The summed E-state index contributed by atoms with van der Waals surface area (Å²) >= 11 is 2.20. The molecule has 1 fully saturated rings. The molecule has 0 spiro atoms. The van der Waals surface area contributed by atoms with Gasteiger partial charge in [0, 0.05) is 28.1 Å². The fraction of sp³-hybridized carbons (Fsp3) is 0.529. The van der Waals surface area contributed by atoms with Gasteiger partial charge in [-0.2, -0.15) is 0 Å². The van der Waals surface area contributed by atoms with E-state index in [1.165, 1.54) is 0 Å². The molecule has 2 amide bonds.